The summed E-state index contributed by atoms with van der Waals surface area (Å²) in [6, 6.07) is 27.0. The minimum atomic E-state index is -0.128. The van der Waals surface area contributed by atoms with E-state index < -0.39 is 0 Å². The largest absolute Gasteiger partial charge is 0.505 e. The fraction of sp³-hybridized carbons (Fsp3) is 0.154. The lowest BCUT2D eigenvalue weighted by Gasteiger charge is -2.19. The van der Waals surface area contributed by atoms with Crippen LogP contribution >= 0.6 is 12.4 Å². The van der Waals surface area contributed by atoms with E-state index in [-0.39, 0.29) is 36.5 Å². The normalized spacial score (nSPS) is 11.5. The summed E-state index contributed by atoms with van der Waals surface area (Å²) < 4.78 is 0. The van der Waals surface area contributed by atoms with Crippen LogP contribution in [0.4, 0.5) is 0 Å². The first-order chi connectivity index (χ1) is 14.7. The molecule has 4 aromatic rings. The second-order valence-corrected chi connectivity index (χ2v) is 7.29. The number of fused-ring (bicyclic) bond motifs is 1. The Morgan fingerprint density at radius 2 is 1.55 bits per heavy atom. The van der Waals surface area contributed by atoms with Gasteiger partial charge in [0.2, 0.25) is 5.91 Å². The summed E-state index contributed by atoms with van der Waals surface area (Å²) in [5.74, 6) is -0.0702. The smallest absolute Gasteiger partial charge is 0.225 e. The molecular formula is C26H25ClN2O2. The van der Waals surface area contributed by atoms with Crippen LogP contribution < -0.4 is 5.32 Å². The van der Waals surface area contributed by atoms with Crippen LogP contribution in [0, 0.1) is 0 Å². The molecule has 0 aliphatic heterocycles. The highest BCUT2D eigenvalue weighted by atomic mass is 35.5. The molecule has 1 heterocycles. The van der Waals surface area contributed by atoms with E-state index in [1.54, 1.807) is 0 Å². The van der Waals surface area contributed by atoms with Crippen molar-refractivity contribution in [3.8, 4) is 17.0 Å². The molecule has 0 spiro atoms. The average Bonchev–Trinajstić information content (AvgIpc) is 2.80. The van der Waals surface area contributed by atoms with Gasteiger partial charge in [-0.2, -0.15) is 0 Å². The maximum absolute atomic E-state index is 13.0. The van der Waals surface area contributed by atoms with Crippen LogP contribution in [-0.2, 0) is 11.2 Å². The van der Waals surface area contributed by atoms with E-state index in [9.17, 15) is 9.90 Å². The monoisotopic (exact) mass is 432 g/mol. The van der Waals surface area contributed by atoms with Gasteiger partial charge in [0.15, 0.2) is 0 Å². The zero-order valence-corrected chi connectivity index (χ0v) is 18.1. The summed E-state index contributed by atoms with van der Waals surface area (Å²) >= 11 is 0. The molecule has 5 heteroatoms. The first-order valence-electron chi connectivity index (χ1n) is 10.2. The van der Waals surface area contributed by atoms with Crippen LogP contribution in [0.3, 0.4) is 0 Å². The number of rotatable bonds is 6. The highest BCUT2D eigenvalue weighted by molar-refractivity contribution is 5.93. The topological polar surface area (TPSA) is 62.2 Å². The van der Waals surface area contributed by atoms with Crippen molar-refractivity contribution in [2.45, 2.75) is 25.8 Å². The zero-order chi connectivity index (χ0) is 20.9. The number of carbonyl (C=O) groups excluding carboxylic acids is 1. The molecule has 0 fully saturated rings. The molecule has 0 aliphatic rings. The minimum absolute atomic E-state index is 0. The van der Waals surface area contributed by atoms with Crippen LogP contribution in [0.25, 0.3) is 22.2 Å². The van der Waals surface area contributed by atoms with Gasteiger partial charge < -0.3 is 10.4 Å². The molecule has 158 valence electrons. The van der Waals surface area contributed by atoms with Gasteiger partial charge in [-0.3, -0.25) is 4.79 Å². The minimum Gasteiger partial charge on any atom is -0.505 e. The standard InChI is InChI=1S/C26H24N2O2.ClH/c1-2-22(18-11-5-3-6-12-18)27-24(29)17-21-20-15-9-10-16-23(20)28-25(26(21)30)19-13-7-4-8-14-19;/h3-16,22,30H,2,17H2,1H3,(H,27,29);1H/t22-;/m0./s1. The number of carbonyl (C=O) groups is 1. The fourth-order valence-corrected chi connectivity index (χ4v) is 3.76. The van der Waals surface area contributed by atoms with Gasteiger partial charge in [-0.15, -0.1) is 12.4 Å². The third-order valence-electron chi connectivity index (χ3n) is 5.30. The molecule has 31 heavy (non-hydrogen) atoms. The second-order valence-electron chi connectivity index (χ2n) is 7.29. The van der Waals surface area contributed by atoms with Gasteiger partial charge in [0.25, 0.3) is 0 Å². The maximum Gasteiger partial charge on any atom is 0.225 e. The summed E-state index contributed by atoms with van der Waals surface area (Å²) in [6.07, 6.45) is 0.867. The van der Waals surface area contributed by atoms with Crippen molar-refractivity contribution in [2.24, 2.45) is 0 Å². The molecule has 4 nitrogen and oxygen atoms in total. The summed E-state index contributed by atoms with van der Waals surface area (Å²) in [5, 5.41) is 15.0. The van der Waals surface area contributed by atoms with Crippen molar-refractivity contribution in [3.05, 3.63) is 96.1 Å². The number of halogens is 1. The van der Waals surface area contributed by atoms with Crippen molar-refractivity contribution in [3.63, 3.8) is 0 Å². The lowest BCUT2D eigenvalue weighted by atomic mass is 9.99. The molecule has 0 bridgehead atoms. The van der Waals surface area contributed by atoms with E-state index in [0.717, 1.165) is 28.5 Å². The average molecular weight is 433 g/mol. The van der Waals surface area contributed by atoms with Gasteiger partial charge in [0.05, 0.1) is 18.0 Å². The number of benzene rings is 3. The predicted molar refractivity (Wildman–Crippen MR) is 127 cm³/mol. The number of hydrogen-bond donors (Lipinski definition) is 2. The van der Waals surface area contributed by atoms with Gasteiger partial charge in [0.1, 0.15) is 11.4 Å². The highest BCUT2D eigenvalue weighted by Gasteiger charge is 2.20. The summed E-state index contributed by atoms with van der Waals surface area (Å²) in [4.78, 5) is 17.6. The number of nitrogens with zero attached hydrogens (tertiary/aromatic N) is 1. The van der Waals surface area contributed by atoms with Crippen molar-refractivity contribution < 1.29 is 9.90 Å². The van der Waals surface area contributed by atoms with Crippen molar-refractivity contribution in [1.29, 1.82) is 0 Å². The third kappa shape index (κ3) is 4.86. The molecule has 0 saturated heterocycles. The van der Waals surface area contributed by atoms with E-state index in [2.05, 4.69) is 10.3 Å². The van der Waals surface area contributed by atoms with Crippen LogP contribution in [0.15, 0.2) is 84.9 Å². The summed E-state index contributed by atoms with van der Waals surface area (Å²) in [5.41, 5.74) is 3.74. The lowest BCUT2D eigenvalue weighted by Crippen LogP contribution is -2.29. The quantitative estimate of drug-likeness (QED) is 0.402. The van der Waals surface area contributed by atoms with Crippen LogP contribution in [0.5, 0.6) is 5.75 Å². The molecule has 2 N–H and O–H groups in total. The van der Waals surface area contributed by atoms with Crippen LogP contribution in [0.1, 0.15) is 30.5 Å². The van der Waals surface area contributed by atoms with Crippen molar-refractivity contribution in [2.75, 3.05) is 0 Å². The first-order valence-corrected chi connectivity index (χ1v) is 10.2. The number of pyridine rings is 1. The number of amides is 1. The molecule has 0 radical (unpaired) electrons. The Morgan fingerprint density at radius 3 is 2.23 bits per heavy atom. The molecule has 1 aromatic heterocycles. The lowest BCUT2D eigenvalue weighted by molar-refractivity contribution is -0.121. The van der Waals surface area contributed by atoms with E-state index in [4.69, 9.17) is 0 Å². The van der Waals surface area contributed by atoms with Gasteiger partial charge in [-0.1, -0.05) is 85.8 Å². The molecule has 3 aromatic carbocycles. The van der Waals surface area contributed by atoms with E-state index >= 15 is 0 Å². The first kappa shape index (κ1) is 22.3. The van der Waals surface area contributed by atoms with Crippen molar-refractivity contribution in [1.82, 2.24) is 10.3 Å². The van der Waals surface area contributed by atoms with Gasteiger partial charge in [0, 0.05) is 16.5 Å². The Kier molecular flexibility index (Phi) is 7.27. The highest BCUT2D eigenvalue weighted by Crippen LogP contribution is 2.35. The molecule has 4 rings (SSSR count). The molecule has 0 unspecified atom stereocenters. The fourth-order valence-electron chi connectivity index (χ4n) is 3.76. The Bertz CT molecular complexity index is 1160. The third-order valence-corrected chi connectivity index (χ3v) is 5.30. The summed E-state index contributed by atoms with van der Waals surface area (Å²) in [6.45, 7) is 2.05. The Hall–Kier alpha value is -3.37. The van der Waals surface area contributed by atoms with Gasteiger partial charge in [-0.25, -0.2) is 4.98 Å². The van der Waals surface area contributed by atoms with Crippen molar-refractivity contribution >= 4 is 29.2 Å². The van der Waals surface area contributed by atoms with E-state index in [1.165, 1.54) is 0 Å². The predicted octanol–water partition coefficient (Wildman–Crippen LogP) is 5.84. The number of hydrogen-bond acceptors (Lipinski definition) is 3. The Labute approximate surface area is 188 Å². The number of aromatic nitrogens is 1. The number of nitrogens with one attached hydrogen (secondary N) is 1. The Balaban J connectivity index is 0.00000272. The molecule has 1 amide bonds. The van der Waals surface area contributed by atoms with Crippen LogP contribution in [-0.4, -0.2) is 16.0 Å². The van der Waals surface area contributed by atoms with Gasteiger partial charge in [-0.05, 0) is 18.1 Å². The molecule has 0 saturated carbocycles. The number of aromatic hydroxyl groups is 1. The molecular weight excluding hydrogens is 408 g/mol. The maximum atomic E-state index is 13.0. The van der Waals surface area contributed by atoms with Gasteiger partial charge >= 0.3 is 0 Å². The van der Waals surface area contributed by atoms with E-state index in [1.807, 2.05) is 91.9 Å². The zero-order valence-electron chi connectivity index (χ0n) is 17.3. The Morgan fingerprint density at radius 1 is 0.935 bits per heavy atom. The molecule has 0 aliphatic carbocycles. The van der Waals surface area contributed by atoms with E-state index in [0.29, 0.717) is 11.3 Å². The number of para-hydroxylation sites is 1. The second kappa shape index (κ2) is 10.1. The van der Waals surface area contributed by atoms with Crippen LogP contribution in [0.2, 0.25) is 0 Å². The SMILES string of the molecule is CC[C@H](NC(=O)Cc1c(O)c(-c2ccccc2)nc2ccccc12)c1ccccc1.Cl. The summed E-state index contributed by atoms with van der Waals surface area (Å²) in [7, 11) is 0. The molecule has 1 atom stereocenters.